The fourth-order valence-electron chi connectivity index (χ4n) is 1.87. The minimum atomic E-state index is -0.336. The van der Waals surface area contributed by atoms with Gasteiger partial charge in [0.25, 0.3) is 0 Å². The van der Waals surface area contributed by atoms with E-state index in [-0.39, 0.29) is 17.3 Å². The van der Waals surface area contributed by atoms with Gasteiger partial charge in [-0.3, -0.25) is 0 Å². The standard InChI is InChI=1S/C15H23BrFNO/c1-9(15(2,3)4)6-13(18)10-7-11(16)12(17)8-14(10)19-5/h7-9,13H,6,18H2,1-5H3. The van der Waals surface area contributed by atoms with Crippen LogP contribution in [0.1, 0.15) is 45.7 Å². The van der Waals surface area contributed by atoms with Crippen molar-refractivity contribution in [2.45, 2.75) is 40.2 Å². The number of benzene rings is 1. The summed E-state index contributed by atoms with van der Waals surface area (Å²) in [6, 6.07) is 2.93. The van der Waals surface area contributed by atoms with Gasteiger partial charge in [0.15, 0.2) is 0 Å². The van der Waals surface area contributed by atoms with E-state index in [0.29, 0.717) is 16.1 Å². The second kappa shape index (κ2) is 6.23. The van der Waals surface area contributed by atoms with Gasteiger partial charge in [-0.1, -0.05) is 27.7 Å². The van der Waals surface area contributed by atoms with Gasteiger partial charge in [-0.15, -0.1) is 0 Å². The van der Waals surface area contributed by atoms with Crippen LogP contribution in [-0.2, 0) is 0 Å². The topological polar surface area (TPSA) is 35.2 Å². The minimum Gasteiger partial charge on any atom is -0.496 e. The summed E-state index contributed by atoms with van der Waals surface area (Å²) in [6.07, 6.45) is 0.831. The Morgan fingerprint density at radius 2 is 1.95 bits per heavy atom. The van der Waals surface area contributed by atoms with Gasteiger partial charge in [-0.05, 0) is 39.8 Å². The lowest BCUT2D eigenvalue weighted by molar-refractivity contribution is 0.232. The molecule has 0 aliphatic rings. The maximum atomic E-state index is 13.5. The molecule has 0 aromatic heterocycles. The van der Waals surface area contributed by atoms with Crippen LogP contribution in [0.15, 0.2) is 16.6 Å². The lowest BCUT2D eigenvalue weighted by atomic mass is 9.77. The highest BCUT2D eigenvalue weighted by Crippen LogP contribution is 2.36. The number of halogens is 2. The van der Waals surface area contributed by atoms with Gasteiger partial charge in [0.05, 0.1) is 11.6 Å². The molecule has 0 amide bonds. The van der Waals surface area contributed by atoms with Crippen molar-refractivity contribution in [3.05, 3.63) is 28.0 Å². The molecule has 0 saturated heterocycles. The van der Waals surface area contributed by atoms with E-state index >= 15 is 0 Å². The SMILES string of the molecule is COc1cc(F)c(Br)cc1C(N)CC(C)C(C)(C)C. The molecule has 2 nitrogen and oxygen atoms in total. The smallest absolute Gasteiger partial charge is 0.141 e. The van der Waals surface area contributed by atoms with Gasteiger partial charge in [0.2, 0.25) is 0 Å². The summed E-state index contributed by atoms with van der Waals surface area (Å²) >= 11 is 3.20. The molecule has 0 aliphatic carbocycles. The van der Waals surface area contributed by atoms with Crippen molar-refractivity contribution in [2.24, 2.45) is 17.1 Å². The molecule has 108 valence electrons. The van der Waals surface area contributed by atoms with Crippen molar-refractivity contribution in [3.8, 4) is 5.75 Å². The number of hydrogen-bond donors (Lipinski definition) is 1. The fourth-order valence-corrected chi connectivity index (χ4v) is 2.23. The van der Waals surface area contributed by atoms with Crippen LogP contribution in [0.2, 0.25) is 0 Å². The van der Waals surface area contributed by atoms with Gasteiger partial charge in [-0.2, -0.15) is 0 Å². The van der Waals surface area contributed by atoms with Crippen molar-refractivity contribution in [3.63, 3.8) is 0 Å². The van der Waals surface area contributed by atoms with E-state index in [4.69, 9.17) is 10.5 Å². The maximum absolute atomic E-state index is 13.5. The quantitative estimate of drug-likeness (QED) is 0.870. The molecule has 2 N–H and O–H groups in total. The van der Waals surface area contributed by atoms with Gasteiger partial charge in [0, 0.05) is 17.7 Å². The number of nitrogens with two attached hydrogens (primary N) is 1. The predicted octanol–water partition coefficient (Wildman–Crippen LogP) is 4.67. The van der Waals surface area contributed by atoms with Gasteiger partial charge in [-0.25, -0.2) is 4.39 Å². The Morgan fingerprint density at radius 1 is 1.37 bits per heavy atom. The summed E-state index contributed by atoms with van der Waals surface area (Å²) in [5.41, 5.74) is 7.30. The first kappa shape index (κ1) is 16.4. The third kappa shape index (κ3) is 4.18. The molecule has 0 aliphatic heterocycles. The zero-order valence-electron chi connectivity index (χ0n) is 12.3. The van der Waals surface area contributed by atoms with Crippen LogP contribution < -0.4 is 10.5 Å². The Bertz CT molecular complexity index is 443. The molecule has 4 heteroatoms. The Morgan fingerprint density at radius 3 is 2.42 bits per heavy atom. The summed E-state index contributed by atoms with van der Waals surface area (Å²) in [6.45, 7) is 8.78. The largest absolute Gasteiger partial charge is 0.496 e. The third-order valence-electron chi connectivity index (χ3n) is 3.76. The second-order valence-electron chi connectivity index (χ2n) is 6.12. The Hall–Kier alpha value is -0.610. The first-order valence-electron chi connectivity index (χ1n) is 6.45. The number of hydrogen-bond acceptors (Lipinski definition) is 2. The van der Waals surface area contributed by atoms with Crippen LogP contribution in [0.5, 0.6) is 5.75 Å². The van der Waals surface area contributed by atoms with E-state index in [1.54, 1.807) is 6.07 Å². The first-order chi connectivity index (χ1) is 8.66. The van der Waals surface area contributed by atoms with Crippen molar-refractivity contribution >= 4 is 15.9 Å². The summed E-state index contributed by atoms with van der Waals surface area (Å²) in [5.74, 6) is 0.627. The monoisotopic (exact) mass is 331 g/mol. The van der Waals surface area contributed by atoms with Crippen molar-refractivity contribution in [2.75, 3.05) is 7.11 Å². The van der Waals surface area contributed by atoms with E-state index in [1.165, 1.54) is 13.2 Å². The zero-order chi connectivity index (χ0) is 14.8. The minimum absolute atomic E-state index is 0.166. The highest BCUT2D eigenvalue weighted by molar-refractivity contribution is 9.10. The van der Waals surface area contributed by atoms with E-state index in [1.807, 2.05) is 0 Å². The lowest BCUT2D eigenvalue weighted by Gasteiger charge is -2.30. The van der Waals surface area contributed by atoms with E-state index < -0.39 is 0 Å². The molecule has 0 saturated carbocycles. The first-order valence-corrected chi connectivity index (χ1v) is 7.24. The molecule has 2 unspecified atom stereocenters. The van der Waals surface area contributed by atoms with E-state index in [9.17, 15) is 4.39 Å². The second-order valence-corrected chi connectivity index (χ2v) is 6.97. The molecule has 0 bridgehead atoms. The summed E-state index contributed by atoms with van der Waals surface area (Å²) in [5, 5.41) is 0. The Labute approximate surface area is 123 Å². The van der Waals surface area contributed by atoms with Crippen LogP contribution in [0.3, 0.4) is 0 Å². The number of methoxy groups -OCH3 is 1. The van der Waals surface area contributed by atoms with Crippen LogP contribution in [-0.4, -0.2) is 7.11 Å². The van der Waals surface area contributed by atoms with E-state index in [2.05, 4.69) is 43.6 Å². The number of ether oxygens (including phenoxy) is 1. The summed E-state index contributed by atoms with van der Waals surface area (Å²) in [7, 11) is 1.53. The molecule has 1 aromatic rings. The Balaban J connectivity index is 2.99. The average Bonchev–Trinajstić information content (AvgIpc) is 2.30. The van der Waals surface area contributed by atoms with Gasteiger partial charge in [0.1, 0.15) is 11.6 Å². The predicted molar refractivity (Wildman–Crippen MR) is 80.8 cm³/mol. The van der Waals surface area contributed by atoms with Crippen LogP contribution >= 0.6 is 15.9 Å². The lowest BCUT2D eigenvalue weighted by Crippen LogP contribution is -2.23. The maximum Gasteiger partial charge on any atom is 0.141 e. The summed E-state index contributed by atoms with van der Waals surface area (Å²) < 4.78 is 19.1. The van der Waals surface area contributed by atoms with Crippen LogP contribution in [0, 0.1) is 17.2 Å². The fraction of sp³-hybridized carbons (Fsp3) is 0.600. The van der Waals surface area contributed by atoms with Gasteiger partial charge >= 0.3 is 0 Å². The third-order valence-corrected chi connectivity index (χ3v) is 4.37. The van der Waals surface area contributed by atoms with Crippen molar-refractivity contribution in [1.29, 1.82) is 0 Å². The average molecular weight is 332 g/mol. The molecular formula is C15H23BrFNO. The molecule has 0 spiro atoms. The molecule has 1 rings (SSSR count). The van der Waals surface area contributed by atoms with Crippen molar-refractivity contribution in [1.82, 2.24) is 0 Å². The molecular weight excluding hydrogens is 309 g/mol. The molecule has 1 aromatic carbocycles. The van der Waals surface area contributed by atoms with Crippen molar-refractivity contribution < 1.29 is 9.13 Å². The highest BCUT2D eigenvalue weighted by atomic mass is 79.9. The molecule has 0 fully saturated rings. The highest BCUT2D eigenvalue weighted by Gasteiger charge is 2.24. The zero-order valence-corrected chi connectivity index (χ0v) is 13.8. The van der Waals surface area contributed by atoms with Crippen LogP contribution in [0.25, 0.3) is 0 Å². The molecule has 0 heterocycles. The molecule has 2 atom stereocenters. The molecule has 0 radical (unpaired) electrons. The summed E-state index contributed by atoms with van der Waals surface area (Å²) in [4.78, 5) is 0. The van der Waals surface area contributed by atoms with Crippen LogP contribution in [0.4, 0.5) is 4.39 Å². The Kier molecular flexibility index (Phi) is 5.39. The number of rotatable bonds is 4. The normalized spacial score (nSPS) is 15.2. The molecule has 19 heavy (non-hydrogen) atoms. The van der Waals surface area contributed by atoms with Gasteiger partial charge < -0.3 is 10.5 Å². The van der Waals surface area contributed by atoms with E-state index in [0.717, 1.165) is 12.0 Å².